The van der Waals surface area contributed by atoms with Gasteiger partial charge >= 0.3 is 5.97 Å². The van der Waals surface area contributed by atoms with E-state index in [0.717, 1.165) is 0 Å². The second-order valence-corrected chi connectivity index (χ2v) is 4.15. The number of nitrogens with zero attached hydrogens (tertiary/aromatic N) is 2. The quantitative estimate of drug-likeness (QED) is 0.641. The summed E-state index contributed by atoms with van der Waals surface area (Å²) in [5.41, 5.74) is 0.311. The zero-order valence-electron chi connectivity index (χ0n) is 10.1. The minimum absolute atomic E-state index is 0.00817. The van der Waals surface area contributed by atoms with Crippen LogP contribution in [0.3, 0.4) is 0 Å². The number of aryl methyl sites for hydroxylation is 1. The molecule has 0 spiro atoms. The lowest BCUT2D eigenvalue weighted by Crippen LogP contribution is -2.47. The first kappa shape index (κ1) is 12.9. The van der Waals surface area contributed by atoms with E-state index < -0.39 is 17.9 Å². The van der Waals surface area contributed by atoms with Crippen molar-refractivity contribution in [1.29, 1.82) is 0 Å². The highest BCUT2D eigenvalue weighted by Gasteiger charge is 2.27. The first-order valence-corrected chi connectivity index (χ1v) is 5.64. The second kappa shape index (κ2) is 5.01. The van der Waals surface area contributed by atoms with Gasteiger partial charge in [-0.15, -0.1) is 0 Å². The number of carbonyl (C=O) groups excluding carboxylic acids is 2. The average Bonchev–Trinajstić information content (AvgIpc) is 2.32. The number of hydrogen-bond donors (Lipinski definition) is 3. The van der Waals surface area contributed by atoms with Gasteiger partial charge in [0.2, 0.25) is 17.8 Å². The first-order valence-electron chi connectivity index (χ1n) is 5.64. The lowest BCUT2D eigenvalue weighted by Gasteiger charge is -2.21. The summed E-state index contributed by atoms with van der Waals surface area (Å²) in [4.78, 5) is 41.1. The van der Waals surface area contributed by atoms with Crippen LogP contribution in [0.4, 0.5) is 5.95 Å². The fourth-order valence-corrected chi connectivity index (χ4v) is 1.73. The molecule has 1 aromatic heterocycles. The van der Waals surface area contributed by atoms with Crippen molar-refractivity contribution in [1.82, 2.24) is 15.3 Å². The number of aromatic carboxylic acids is 1. The maximum Gasteiger partial charge on any atom is 0.339 e. The Bertz CT molecular complexity index is 558. The number of anilines is 1. The Labute approximate surface area is 108 Å². The molecule has 3 N–H and O–H groups in total. The summed E-state index contributed by atoms with van der Waals surface area (Å²) in [6.45, 7) is 1.54. The summed E-state index contributed by atoms with van der Waals surface area (Å²) in [5, 5.41) is 13.8. The molecular weight excluding hydrogens is 252 g/mol. The Morgan fingerprint density at radius 1 is 1.53 bits per heavy atom. The van der Waals surface area contributed by atoms with Gasteiger partial charge in [0.25, 0.3) is 0 Å². The fraction of sp³-hybridized carbons (Fsp3) is 0.364. The van der Waals surface area contributed by atoms with Gasteiger partial charge in [-0.3, -0.25) is 14.9 Å². The van der Waals surface area contributed by atoms with E-state index in [1.165, 1.54) is 6.20 Å². The van der Waals surface area contributed by atoms with Gasteiger partial charge in [0.15, 0.2) is 0 Å². The Hall–Kier alpha value is -2.51. The van der Waals surface area contributed by atoms with Crippen molar-refractivity contribution in [3.05, 3.63) is 17.5 Å². The van der Waals surface area contributed by atoms with Crippen molar-refractivity contribution < 1.29 is 19.5 Å². The van der Waals surface area contributed by atoms with Crippen molar-refractivity contribution in [2.24, 2.45) is 0 Å². The largest absolute Gasteiger partial charge is 0.478 e. The molecule has 0 aromatic carbocycles. The number of piperidine rings is 1. The van der Waals surface area contributed by atoms with Crippen LogP contribution in [0.25, 0.3) is 0 Å². The summed E-state index contributed by atoms with van der Waals surface area (Å²) in [6, 6.07) is -0.590. The molecule has 1 atom stereocenters. The Morgan fingerprint density at radius 2 is 2.26 bits per heavy atom. The predicted molar refractivity (Wildman–Crippen MR) is 63.5 cm³/mol. The summed E-state index contributed by atoms with van der Waals surface area (Å²) in [6.07, 6.45) is 1.78. The van der Waals surface area contributed by atoms with Crippen molar-refractivity contribution in [3.63, 3.8) is 0 Å². The van der Waals surface area contributed by atoms with E-state index in [2.05, 4.69) is 20.6 Å². The van der Waals surface area contributed by atoms with Crippen LogP contribution in [0.2, 0.25) is 0 Å². The van der Waals surface area contributed by atoms with Crippen LogP contribution >= 0.6 is 0 Å². The highest BCUT2D eigenvalue weighted by atomic mass is 16.4. The number of aromatic nitrogens is 2. The fourth-order valence-electron chi connectivity index (χ4n) is 1.73. The SMILES string of the molecule is Cc1nc(NC2CCC(=O)NC2=O)ncc1C(=O)O. The number of carboxylic acid groups (broad SMARTS) is 1. The van der Waals surface area contributed by atoms with Gasteiger partial charge in [0, 0.05) is 12.6 Å². The van der Waals surface area contributed by atoms with E-state index in [0.29, 0.717) is 12.1 Å². The lowest BCUT2D eigenvalue weighted by atomic mass is 10.1. The van der Waals surface area contributed by atoms with E-state index >= 15 is 0 Å². The molecule has 1 fully saturated rings. The molecule has 0 radical (unpaired) electrons. The summed E-state index contributed by atoms with van der Waals surface area (Å²) in [5.74, 6) is -1.68. The van der Waals surface area contributed by atoms with Gasteiger partial charge < -0.3 is 10.4 Å². The number of hydrogen-bond acceptors (Lipinski definition) is 6. The molecule has 2 rings (SSSR count). The maximum atomic E-state index is 11.5. The highest BCUT2D eigenvalue weighted by molar-refractivity contribution is 6.01. The molecule has 1 aromatic rings. The third-order valence-corrected chi connectivity index (χ3v) is 2.75. The maximum absolute atomic E-state index is 11.5. The summed E-state index contributed by atoms with van der Waals surface area (Å²) in [7, 11) is 0. The third kappa shape index (κ3) is 2.84. The van der Waals surface area contributed by atoms with Crippen LogP contribution in [-0.4, -0.2) is 38.9 Å². The molecule has 8 nitrogen and oxygen atoms in total. The Kier molecular flexibility index (Phi) is 3.41. The van der Waals surface area contributed by atoms with Gasteiger partial charge in [0.05, 0.1) is 11.3 Å². The molecule has 8 heteroatoms. The van der Waals surface area contributed by atoms with E-state index in [-0.39, 0.29) is 23.8 Å². The zero-order chi connectivity index (χ0) is 14.0. The smallest absolute Gasteiger partial charge is 0.339 e. The number of nitrogens with one attached hydrogen (secondary N) is 2. The van der Waals surface area contributed by atoms with Gasteiger partial charge in [-0.25, -0.2) is 14.8 Å². The number of imide groups is 1. The normalized spacial score (nSPS) is 18.9. The Morgan fingerprint density at radius 3 is 2.84 bits per heavy atom. The van der Waals surface area contributed by atoms with E-state index in [1.54, 1.807) is 6.92 Å². The van der Waals surface area contributed by atoms with Crippen LogP contribution in [0.1, 0.15) is 28.9 Å². The van der Waals surface area contributed by atoms with Gasteiger partial charge in [-0.2, -0.15) is 0 Å². The third-order valence-electron chi connectivity index (χ3n) is 2.75. The number of carboxylic acids is 1. The van der Waals surface area contributed by atoms with E-state index in [4.69, 9.17) is 5.11 Å². The molecule has 0 bridgehead atoms. The molecule has 100 valence electrons. The monoisotopic (exact) mass is 264 g/mol. The molecule has 19 heavy (non-hydrogen) atoms. The lowest BCUT2D eigenvalue weighted by molar-refractivity contribution is -0.133. The molecule has 1 aliphatic rings. The highest BCUT2D eigenvalue weighted by Crippen LogP contribution is 2.12. The molecule has 1 saturated heterocycles. The number of amides is 2. The van der Waals surface area contributed by atoms with Gasteiger partial charge in [-0.05, 0) is 13.3 Å². The molecule has 1 unspecified atom stereocenters. The molecule has 2 amide bonds. The van der Waals surface area contributed by atoms with Crippen LogP contribution < -0.4 is 10.6 Å². The standard InChI is InChI=1S/C11H12N4O4/c1-5-6(10(18)19)4-12-11(13-5)14-7-2-3-8(16)15-9(7)17/h4,7H,2-3H2,1H3,(H,18,19)(H,12,13,14)(H,15,16,17). The molecule has 2 heterocycles. The van der Waals surface area contributed by atoms with Crippen molar-refractivity contribution in [3.8, 4) is 0 Å². The summed E-state index contributed by atoms with van der Waals surface area (Å²) >= 11 is 0. The van der Waals surface area contributed by atoms with Crippen molar-refractivity contribution in [2.45, 2.75) is 25.8 Å². The van der Waals surface area contributed by atoms with Crippen molar-refractivity contribution in [2.75, 3.05) is 5.32 Å². The van der Waals surface area contributed by atoms with Crippen LogP contribution in [-0.2, 0) is 9.59 Å². The zero-order valence-corrected chi connectivity index (χ0v) is 10.1. The van der Waals surface area contributed by atoms with Crippen LogP contribution in [0, 0.1) is 6.92 Å². The van der Waals surface area contributed by atoms with Crippen LogP contribution in [0.5, 0.6) is 0 Å². The first-order chi connectivity index (χ1) is 8.97. The van der Waals surface area contributed by atoms with Crippen molar-refractivity contribution >= 4 is 23.7 Å². The van der Waals surface area contributed by atoms with Gasteiger partial charge in [0.1, 0.15) is 6.04 Å². The molecule has 0 saturated carbocycles. The summed E-state index contributed by atoms with van der Waals surface area (Å²) < 4.78 is 0. The predicted octanol–water partition coefficient (Wildman–Crippen LogP) is -0.300. The molecule has 1 aliphatic heterocycles. The molecular formula is C11H12N4O4. The Balaban J connectivity index is 2.11. The molecule has 0 aliphatic carbocycles. The second-order valence-electron chi connectivity index (χ2n) is 4.15. The minimum Gasteiger partial charge on any atom is -0.478 e. The van der Waals surface area contributed by atoms with E-state index in [9.17, 15) is 14.4 Å². The van der Waals surface area contributed by atoms with E-state index in [1.807, 2.05) is 0 Å². The average molecular weight is 264 g/mol. The minimum atomic E-state index is -1.11. The number of carbonyl (C=O) groups is 3. The number of rotatable bonds is 3. The van der Waals surface area contributed by atoms with Gasteiger partial charge in [-0.1, -0.05) is 0 Å². The van der Waals surface area contributed by atoms with Crippen LogP contribution in [0.15, 0.2) is 6.20 Å². The topological polar surface area (TPSA) is 121 Å².